The number of ether oxygens (including phenoxy) is 2. The van der Waals surface area contributed by atoms with Gasteiger partial charge in [-0.15, -0.1) is 0 Å². The third-order valence-electron chi connectivity index (χ3n) is 3.99. The highest BCUT2D eigenvalue weighted by molar-refractivity contribution is 5.80. The lowest BCUT2D eigenvalue weighted by molar-refractivity contribution is -0.120. The molecule has 1 aromatic rings. The van der Waals surface area contributed by atoms with Crippen molar-refractivity contribution in [1.29, 1.82) is 0 Å². The first-order valence-corrected chi connectivity index (χ1v) is 7.16. The van der Waals surface area contributed by atoms with E-state index in [0.29, 0.717) is 19.1 Å². The zero-order valence-corrected chi connectivity index (χ0v) is 11.4. The Kier molecular flexibility index (Phi) is 3.78. The van der Waals surface area contributed by atoms with Gasteiger partial charge in [-0.2, -0.15) is 0 Å². The second kappa shape index (κ2) is 5.71. The van der Waals surface area contributed by atoms with Crippen molar-refractivity contribution >= 4 is 5.91 Å². The van der Waals surface area contributed by atoms with Crippen molar-refractivity contribution in [3.8, 4) is 11.5 Å². The lowest BCUT2D eigenvalue weighted by Gasteiger charge is -2.29. The van der Waals surface area contributed by atoms with Crippen molar-refractivity contribution in [2.24, 2.45) is 5.73 Å². The molecule has 1 fully saturated rings. The van der Waals surface area contributed by atoms with Crippen molar-refractivity contribution < 1.29 is 14.3 Å². The van der Waals surface area contributed by atoms with Crippen LogP contribution in [0.15, 0.2) is 18.2 Å². The van der Waals surface area contributed by atoms with Crippen LogP contribution in [0.4, 0.5) is 0 Å². The topological polar surface area (TPSA) is 73.6 Å². The molecule has 0 radical (unpaired) electrons. The van der Waals surface area contributed by atoms with E-state index in [-0.39, 0.29) is 11.9 Å². The summed E-state index contributed by atoms with van der Waals surface area (Å²) < 4.78 is 11.4. The average molecular weight is 276 g/mol. The lowest BCUT2D eigenvalue weighted by atomic mass is 9.86. The van der Waals surface area contributed by atoms with Gasteiger partial charge < -0.3 is 20.5 Å². The largest absolute Gasteiger partial charge is 0.490 e. The number of hydrogen-bond donors (Lipinski definition) is 2. The summed E-state index contributed by atoms with van der Waals surface area (Å²) in [5, 5.41) is 3.16. The SMILES string of the molecule is NC(=O)C1CC(c2ccc3c(c2)OCCCO3)CCN1. The highest BCUT2D eigenvalue weighted by Gasteiger charge is 2.27. The number of carbonyl (C=O) groups is 1. The molecule has 3 rings (SSSR count). The maximum Gasteiger partial charge on any atom is 0.234 e. The smallest absolute Gasteiger partial charge is 0.234 e. The standard InChI is InChI=1S/C15H20N2O3/c16-15(18)12-8-11(4-5-17-12)10-2-3-13-14(9-10)20-7-1-6-19-13/h2-3,9,11-12,17H,1,4-8H2,(H2,16,18). The molecule has 2 aliphatic rings. The van der Waals surface area contributed by atoms with Gasteiger partial charge in [-0.3, -0.25) is 4.79 Å². The molecule has 5 heteroatoms. The molecule has 1 saturated heterocycles. The predicted octanol–water partition coefficient (Wildman–Crippen LogP) is 1.17. The predicted molar refractivity (Wildman–Crippen MR) is 75.0 cm³/mol. The minimum Gasteiger partial charge on any atom is -0.490 e. The van der Waals surface area contributed by atoms with Crippen molar-refractivity contribution in [3.05, 3.63) is 23.8 Å². The minimum absolute atomic E-state index is 0.232. The Bertz CT molecular complexity index is 504. The van der Waals surface area contributed by atoms with E-state index in [0.717, 1.165) is 37.3 Å². The molecule has 0 spiro atoms. The number of carbonyl (C=O) groups excluding carboxylic acids is 1. The van der Waals surface area contributed by atoms with Gasteiger partial charge in [0.15, 0.2) is 11.5 Å². The minimum atomic E-state index is -0.274. The molecule has 0 aromatic heterocycles. The molecular weight excluding hydrogens is 256 g/mol. The molecule has 0 bridgehead atoms. The van der Waals surface area contributed by atoms with E-state index < -0.39 is 0 Å². The zero-order chi connectivity index (χ0) is 13.9. The number of primary amides is 1. The molecule has 1 aromatic carbocycles. The molecule has 2 heterocycles. The van der Waals surface area contributed by atoms with Gasteiger partial charge in [-0.1, -0.05) is 6.07 Å². The van der Waals surface area contributed by atoms with Crippen LogP contribution in [0, 0.1) is 0 Å². The van der Waals surface area contributed by atoms with Gasteiger partial charge in [0.25, 0.3) is 0 Å². The Labute approximate surface area is 118 Å². The lowest BCUT2D eigenvalue weighted by Crippen LogP contribution is -2.46. The van der Waals surface area contributed by atoms with Gasteiger partial charge in [0.2, 0.25) is 5.91 Å². The second-order valence-electron chi connectivity index (χ2n) is 5.39. The van der Waals surface area contributed by atoms with Crippen LogP contribution in [-0.2, 0) is 4.79 Å². The van der Waals surface area contributed by atoms with E-state index in [9.17, 15) is 4.79 Å². The first-order valence-electron chi connectivity index (χ1n) is 7.16. The summed E-state index contributed by atoms with van der Waals surface area (Å²) in [6, 6.07) is 5.86. The van der Waals surface area contributed by atoms with E-state index in [1.807, 2.05) is 6.07 Å². The summed E-state index contributed by atoms with van der Waals surface area (Å²) in [4.78, 5) is 11.3. The molecule has 108 valence electrons. The molecule has 3 N–H and O–H groups in total. The van der Waals surface area contributed by atoms with Crippen LogP contribution < -0.4 is 20.5 Å². The summed E-state index contributed by atoms with van der Waals surface area (Å²) in [6.45, 7) is 2.20. The molecule has 2 aliphatic heterocycles. The van der Waals surface area contributed by atoms with Gasteiger partial charge in [-0.05, 0) is 43.0 Å². The fourth-order valence-corrected chi connectivity index (χ4v) is 2.87. The number of piperidine rings is 1. The maximum atomic E-state index is 11.3. The van der Waals surface area contributed by atoms with Gasteiger partial charge in [0.05, 0.1) is 19.3 Å². The van der Waals surface area contributed by atoms with E-state index in [2.05, 4.69) is 17.4 Å². The number of hydrogen-bond acceptors (Lipinski definition) is 4. The number of fused-ring (bicyclic) bond motifs is 1. The number of nitrogens with one attached hydrogen (secondary N) is 1. The van der Waals surface area contributed by atoms with Crippen LogP contribution >= 0.6 is 0 Å². The van der Waals surface area contributed by atoms with Crippen LogP contribution in [-0.4, -0.2) is 31.7 Å². The molecule has 2 atom stereocenters. The van der Waals surface area contributed by atoms with E-state index >= 15 is 0 Å². The second-order valence-corrected chi connectivity index (χ2v) is 5.39. The van der Waals surface area contributed by atoms with Crippen molar-refractivity contribution in [3.63, 3.8) is 0 Å². The first-order chi connectivity index (χ1) is 9.74. The van der Waals surface area contributed by atoms with Gasteiger partial charge in [0.1, 0.15) is 0 Å². The van der Waals surface area contributed by atoms with E-state index in [1.54, 1.807) is 0 Å². The molecular formula is C15H20N2O3. The number of benzene rings is 1. The quantitative estimate of drug-likeness (QED) is 0.850. The highest BCUT2D eigenvalue weighted by Crippen LogP contribution is 2.36. The molecule has 2 unspecified atom stereocenters. The number of nitrogens with two attached hydrogens (primary N) is 1. The Morgan fingerprint density at radius 3 is 2.85 bits per heavy atom. The molecule has 0 saturated carbocycles. The fraction of sp³-hybridized carbons (Fsp3) is 0.533. The Morgan fingerprint density at radius 2 is 2.05 bits per heavy atom. The van der Waals surface area contributed by atoms with Crippen molar-refractivity contribution in [2.75, 3.05) is 19.8 Å². The van der Waals surface area contributed by atoms with Crippen LogP contribution in [0.25, 0.3) is 0 Å². The van der Waals surface area contributed by atoms with Gasteiger partial charge in [-0.25, -0.2) is 0 Å². The van der Waals surface area contributed by atoms with Crippen molar-refractivity contribution in [1.82, 2.24) is 5.32 Å². The summed E-state index contributed by atoms with van der Waals surface area (Å²) in [7, 11) is 0. The monoisotopic (exact) mass is 276 g/mol. The van der Waals surface area contributed by atoms with Gasteiger partial charge >= 0.3 is 0 Å². The summed E-state index contributed by atoms with van der Waals surface area (Å²) >= 11 is 0. The van der Waals surface area contributed by atoms with Crippen LogP contribution in [0.2, 0.25) is 0 Å². The van der Waals surface area contributed by atoms with Crippen molar-refractivity contribution in [2.45, 2.75) is 31.2 Å². The molecule has 1 amide bonds. The fourth-order valence-electron chi connectivity index (χ4n) is 2.87. The number of rotatable bonds is 2. The number of amides is 1. The summed E-state index contributed by atoms with van der Waals surface area (Å²) in [5.74, 6) is 1.69. The van der Waals surface area contributed by atoms with Crippen LogP contribution in [0.5, 0.6) is 11.5 Å². The van der Waals surface area contributed by atoms with Crippen LogP contribution in [0.1, 0.15) is 30.7 Å². The van der Waals surface area contributed by atoms with E-state index in [4.69, 9.17) is 15.2 Å². The van der Waals surface area contributed by atoms with E-state index in [1.165, 1.54) is 5.56 Å². The Balaban J connectivity index is 1.79. The summed E-state index contributed by atoms with van der Waals surface area (Å²) in [6.07, 6.45) is 2.65. The average Bonchev–Trinajstić information content (AvgIpc) is 2.71. The van der Waals surface area contributed by atoms with Crippen LogP contribution in [0.3, 0.4) is 0 Å². The third-order valence-corrected chi connectivity index (χ3v) is 3.99. The first kappa shape index (κ1) is 13.2. The molecule has 20 heavy (non-hydrogen) atoms. The maximum absolute atomic E-state index is 11.3. The highest BCUT2D eigenvalue weighted by atomic mass is 16.5. The molecule has 0 aliphatic carbocycles. The zero-order valence-electron chi connectivity index (χ0n) is 11.4. The summed E-state index contributed by atoms with van der Waals surface area (Å²) in [5.41, 5.74) is 6.59. The van der Waals surface area contributed by atoms with Gasteiger partial charge in [0, 0.05) is 6.42 Å². The third kappa shape index (κ3) is 2.72. The Hall–Kier alpha value is -1.75. The normalized spacial score (nSPS) is 25.8. The Morgan fingerprint density at radius 1 is 1.25 bits per heavy atom. The molecule has 5 nitrogen and oxygen atoms in total.